The van der Waals surface area contributed by atoms with Crippen molar-refractivity contribution in [3.63, 3.8) is 0 Å². The van der Waals surface area contributed by atoms with E-state index in [1.165, 1.54) is 18.4 Å². The van der Waals surface area contributed by atoms with E-state index in [2.05, 4.69) is 18.3 Å². The number of benzene rings is 1. The van der Waals surface area contributed by atoms with E-state index in [0.29, 0.717) is 5.92 Å². The molecule has 1 aliphatic heterocycles. The number of nitrogens with one attached hydrogen (secondary N) is 1. The van der Waals surface area contributed by atoms with Crippen LogP contribution in [0.4, 0.5) is 11.4 Å². The normalized spacial score (nSPS) is 20.7. The summed E-state index contributed by atoms with van der Waals surface area (Å²) in [5.41, 5.74) is 9.01. The van der Waals surface area contributed by atoms with Gasteiger partial charge in [0.2, 0.25) is 0 Å². The molecule has 1 saturated heterocycles. The van der Waals surface area contributed by atoms with E-state index in [9.17, 15) is 0 Å². The number of hydrogen-bond acceptors (Lipinski definition) is 3. The molecule has 0 radical (unpaired) electrons. The van der Waals surface area contributed by atoms with E-state index in [4.69, 9.17) is 10.5 Å². The molecule has 2 rings (SSSR count). The fourth-order valence-electron chi connectivity index (χ4n) is 2.07. The van der Waals surface area contributed by atoms with Gasteiger partial charge in [-0.2, -0.15) is 0 Å². The van der Waals surface area contributed by atoms with Gasteiger partial charge in [0.1, 0.15) is 0 Å². The van der Waals surface area contributed by atoms with Crippen LogP contribution in [0.25, 0.3) is 0 Å². The minimum absolute atomic E-state index is 0.620. The first-order valence-corrected chi connectivity index (χ1v) is 5.93. The van der Waals surface area contributed by atoms with Gasteiger partial charge in [0, 0.05) is 13.2 Å². The first-order valence-electron chi connectivity index (χ1n) is 5.93. The SMILES string of the molecule is Cc1ccc(NCC2CCCOC2)c(N)c1. The molecule has 1 atom stereocenters. The van der Waals surface area contributed by atoms with Gasteiger partial charge in [0.05, 0.1) is 18.0 Å². The summed E-state index contributed by atoms with van der Waals surface area (Å²) in [4.78, 5) is 0. The Hall–Kier alpha value is -1.22. The molecule has 1 fully saturated rings. The van der Waals surface area contributed by atoms with Crippen molar-refractivity contribution in [3.05, 3.63) is 23.8 Å². The highest BCUT2D eigenvalue weighted by atomic mass is 16.5. The van der Waals surface area contributed by atoms with E-state index in [0.717, 1.165) is 31.1 Å². The van der Waals surface area contributed by atoms with Crippen molar-refractivity contribution in [1.82, 2.24) is 0 Å². The zero-order valence-corrected chi connectivity index (χ0v) is 9.83. The van der Waals surface area contributed by atoms with Crippen molar-refractivity contribution in [3.8, 4) is 0 Å². The second-order valence-electron chi connectivity index (χ2n) is 4.55. The molecule has 1 aromatic rings. The van der Waals surface area contributed by atoms with Crippen molar-refractivity contribution in [2.75, 3.05) is 30.8 Å². The Morgan fingerprint density at radius 3 is 3.06 bits per heavy atom. The summed E-state index contributed by atoms with van der Waals surface area (Å²) in [6.45, 7) is 4.80. The maximum absolute atomic E-state index is 5.94. The van der Waals surface area contributed by atoms with Gasteiger partial charge in [0.25, 0.3) is 0 Å². The van der Waals surface area contributed by atoms with E-state index in [1.807, 2.05) is 12.1 Å². The standard InChI is InChI=1S/C13H20N2O/c1-10-4-5-13(12(14)7-10)15-8-11-3-2-6-16-9-11/h4-5,7,11,15H,2-3,6,8-9,14H2,1H3. The maximum Gasteiger partial charge on any atom is 0.0574 e. The fraction of sp³-hybridized carbons (Fsp3) is 0.538. The number of ether oxygens (including phenoxy) is 1. The highest BCUT2D eigenvalue weighted by Crippen LogP contribution is 2.21. The molecular weight excluding hydrogens is 200 g/mol. The van der Waals surface area contributed by atoms with Crippen molar-refractivity contribution in [2.45, 2.75) is 19.8 Å². The Morgan fingerprint density at radius 2 is 2.38 bits per heavy atom. The molecule has 1 unspecified atom stereocenters. The van der Waals surface area contributed by atoms with Crippen LogP contribution in [0.15, 0.2) is 18.2 Å². The number of anilines is 2. The first-order chi connectivity index (χ1) is 7.75. The third-order valence-corrected chi connectivity index (χ3v) is 3.04. The lowest BCUT2D eigenvalue weighted by molar-refractivity contribution is 0.0595. The molecule has 16 heavy (non-hydrogen) atoms. The molecule has 0 spiro atoms. The lowest BCUT2D eigenvalue weighted by Gasteiger charge is -2.23. The Balaban J connectivity index is 1.88. The molecule has 0 aliphatic carbocycles. The Kier molecular flexibility index (Phi) is 3.67. The lowest BCUT2D eigenvalue weighted by Crippen LogP contribution is -2.24. The molecule has 3 nitrogen and oxygen atoms in total. The second-order valence-corrected chi connectivity index (χ2v) is 4.55. The van der Waals surface area contributed by atoms with Crippen LogP contribution in [0.1, 0.15) is 18.4 Å². The average Bonchev–Trinajstić information content (AvgIpc) is 2.29. The molecule has 88 valence electrons. The highest BCUT2D eigenvalue weighted by Gasteiger charge is 2.13. The van der Waals surface area contributed by atoms with Gasteiger partial charge in [-0.15, -0.1) is 0 Å². The summed E-state index contributed by atoms with van der Waals surface area (Å²) in [5.74, 6) is 0.620. The predicted octanol–water partition coefficient (Wildman–Crippen LogP) is 2.42. The van der Waals surface area contributed by atoms with Crippen LogP contribution < -0.4 is 11.1 Å². The highest BCUT2D eigenvalue weighted by molar-refractivity contribution is 5.66. The van der Waals surface area contributed by atoms with Gasteiger partial charge >= 0.3 is 0 Å². The largest absolute Gasteiger partial charge is 0.397 e. The van der Waals surface area contributed by atoms with Crippen LogP contribution in [0.3, 0.4) is 0 Å². The maximum atomic E-state index is 5.94. The summed E-state index contributed by atoms with van der Waals surface area (Å²) in [6.07, 6.45) is 2.43. The summed E-state index contributed by atoms with van der Waals surface area (Å²) < 4.78 is 5.45. The molecule has 0 amide bonds. The third-order valence-electron chi connectivity index (χ3n) is 3.04. The third kappa shape index (κ3) is 2.89. The minimum Gasteiger partial charge on any atom is -0.397 e. The molecule has 1 heterocycles. The molecule has 1 aliphatic rings. The summed E-state index contributed by atoms with van der Waals surface area (Å²) in [6, 6.07) is 6.13. The lowest BCUT2D eigenvalue weighted by atomic mass is 10.0. The Labute approximate surface area is 97.0 Å². The fourth-order valence-corrected chi connectivity index (χ4v) is 2.07. The van der Waals surface area contributed by atoms with Gasteiger partial charge in [-0.25, -0.2) is 0 Å². The summed E-state index contributed by atoms with van der Waals surface area (Å²) in [5, 5.41) is 3.40. The summed E-state index contributed by atoms with van der Waals surface area (Å²) in [7, 11) is 0. The van der Waals surface area contributed by atoms with Crippen LogP contribution in [0, 0.1) is 12.8 Å². The van der Waals surface area contributed by atoms with E-state index < -0.39 is 0 Å². The van der Waals surface area contributed by atoms with Crippen LogP contribution in [0.5, 0.6) is 0 Å². The number of nitrogen functional groups attached to an aromatic ring is 1. The Morgan fingerprint density at radius 1 is 1.50 bits per heavy atom. The molecule has 0 saturated carbocycles. The smallest absolute Gasteiger partial charge is 0.0574 e. The van der Waals surface area contributed by atoms with Crippen LogP contribution in [-0.2, 0) is 4.74 Å². The molecule has 3 N–H and O–H groups in total. The van der Waals surface area contributed by atoms with Gasteiger partial charge in [-0.05, 0) is 43.4 Å². The van der Waals surface area contributed by atoms with E-state index >= 15 is 0 Å². The zero-order chi connectivity index (χ0) is 11.4. The Bertz CT molecular complexity index is 346. The topological polar surface area (TPSA) is 47.3 Å². The van der Waals surface area contributed by atoms with Crippen molar-refractivity contribution < 1.29 is 4.74 Å². The van der Waals surface area contributed by atoms with Gasteiger partial charge in [0.15, 0.2) is 0 Å². The van der Waals surface area contributed by atoms with Crippen molar-refractivity contribution in [2.24, 2.45) is 5.92 Å². The molecular formula is C13H20N2O. The monoisotopic (exact) mass is 220 g/mol. The molecule has 3 heteroatoms. The van der Waals surface area contributed by atoms with Gasteiger partial charge < -0.3 is 15.8 Å². The quantitative estimate of drug-likeness (QED) is 0.769. The first kappa shape index (κ1) is 11.3. The second kappa shape index (κ2) is 5.21. The average molecular weight is 220 g/mol. The molecule has 0 aromatic heterocycles. The zero-order valence-electron chi connectivity index (χ0n) is 9.83. The van der Waals surface area contributed by atoms with Crippen molar-refractivity contribution >= 4 is 11.4 Å². The predicted molar refractivity (Wildman–Crippen MR) is 67.6 cm³/mol. The number of nitrogens with two attached hydrogens (primary N) is 1. The number of rotatable bonds is 3. The number of hydrogen-bond donors (Lipinski definition) is 2. The van der Waals surface area contributed by atoms with Crippen LogP contribution in [-0.4, -0.2) is 19.8 Å². The van der Waals surface area contributed by atoms with Crippen LogP contribution in [0.2, 0.25) is 0 Å². The minimum atomic E-state index is 0.620. The molecule has 0 bridgehead atoms. The summed E-state index contributed by atoms with van der Waals surface area (Å²) >= 11 is 0. The van der Waals surface area contributed by atoms with Gasteiger partial charge in [-0.1, -0.05) is 6.07 Å². The van der Waals surface area contributed by atoms with E-state index in [1.54, 1.807) is 0 Å². The van der Waals surface area contributed by atoms with Crippen molar-refractivity contribution in [1.29, 1.82) is 0 Å². The molecule has 1 aromatic carbocycles. The number of aryl methyl sites for hydroxylation is 1. The van der Waals surface area contributed by atoms with E-state index in [-0.39, 0.29) is 0 Å². The van der Waals surface area contributed by atoms with Crippen LogP contribution >= 0.6 is 0 Å². The van der Waals surface area contributed by atoms with Gasteiger partial charge in [-0.3, -0.25) is 0 Å².